The Morgan fingerprint density at radius 1 is 0.661 bits per heavy atom. The first-order valence-electron chi connectivity index (χ1n) is 18.4. The van der Waals surface area contributed by atoms with Gasteiger partial charge >= 0.3 is 21.1 Å². The van der Waals surface area contributed by atoms with Crippen LogP contribution in [0.3, 0.4) is 0 Å². The number of halogens is 2. The molecule has 2 aromatic heterocycles. The second kappa shape index (κ2) is 16.3. The van der Waals surface area contributed by atoms with Gasteiger partial charge in [-0.05, 0) is 40.6 Å². The first kappa shape index (κ1) is 38.8. The van der Waals surface area contributed by atoms with Crippen molar-refractivity contribution in [2.75, 3.05) is 0 Å². The Labute approximate surface area is 342 Å². The molecule has 8 heteroatoms. The molecular formula is C48H39F2N3OPtSi. The van der Waals surface area contributed by atoms with Gasteiger partial charge in [0.2, 0.25) is 5.92 Å². The van der Waals surface area contributed by atoms with E-state index in [0.29, 0.717) is 28.3 Å². The number of ether oxygens (including phenoxy) is 1. The third kappa shape index (κ3) is 8.65. The minimum absolute atomic E-state index is 0. The molecule has 8 rings (SSSR count). The molecule has 0 spiro atoms. The first-order chi connectivity index (χ1) is 26.6. The van der Waals surface area contributed by atoms with E-state index in [1.54, 1.807) is 18.3 Å². The van der Waals surface area contributed by atoms with Crippen LogP contribution in [0.2, 0.25) is 25.7 Å². The fourth-order valence-corrected chi connectivity index (χ4v) is 8.88. The van der Waals surface area contributed by atoms with Crippen LogP contribution in [0.25, 0.3) is 61.6 Å². The van der Waals surface area contributed by atoms with Gasteiger partial charge < -0.3 is 14.3 Å². The van der Waals surface area contributed by atoms with Gasteiger partial charge in [0.05, 0.1) is 30.6 Å². The van der Waals surface area contributed by atoms with Crippen LogP contribution in [0.15, 0.2) is 158 Å². The number of nitrogens with zero attached hydrogens (tertiary/aromatic N) is 3. The largest absolute Gasteiger partial charge is 2.00 e. The van der Waals surface area contributed by atoms with Crippen LogP contribution in [0.5, 0.6) is 11.5 Å². The topological polar surface area (TPSA) is 39.9 Å². The predicted molar refractivity (Wildman–Crippen MR) is 222 cm³/mol. The Bertz CT molecular complexity index is 2550. The summed E-state index contributed by atoms with van der Waals surface area (Å²) in [6.07, 6.45) is 1.26. The van der Waals surface area contributed by atoms with Crippen LogP contribution in [-0.2, 0) is 27.5 Å². The third-order valence-corrected chi connectivity index (χ3v) is 10.9. The fraction of sp³-hybridized carbons (Fsp3) is 0.125. The summed E-state index contributed by atoms with van der Waals surface area (Å²) in [5.41, 5.74) is 9.66. The van der Waals surface area contributed by atoms with Crippen molar-refractivity contribution in [2.24, 2.45) is 0 Å². The van der Waals surface area contributed by atoms with Gasteiger partial charge in [-0.1, -0.05) is 129 Å². The van der Waals surface area contributed by atoms with Gasteiger partial charge in [-0.3, -0.25) is 4.98 Å². The summed E-state index contributed by atoms with van der Waals surface area (Å²) < 4.78 is 38.5. The molecule has 0 aliphatic heterocycles. The van der Waals surface area contributed by atoms with Crippen LogP contribution in [0.4, 0.5) is 8.78 Å². The number of benzene rings is 6. The van der Waals surface area contributed by atoms with Crippen molar-refractivity contribution in [3.8, 4) is 62.1 Å². The molecule has 0 fully saturated rings. The van der Waals surface area contributed by atoms with Gasteiger partial charge in [0.25, 0.3) is 0 Å². The molecule has 0 saturated heterocycles. The maximum Gasteiger partial charge on any atom is 2.00 e. The zero-order chi connectivity index (χ0) is 38.0. The van der Waals surface area contributed by atoms with Gasteiger partial charge in [0.1, 0.15) is 0 Å². The average molecular weight is 935 g/mol. The SMILES string of the molecule is C[Si](C)(C)CC(F)(F)Cc1ccnc(-c2[c-]c(Oc3[c-]c(-c4nc5ccccc5n4-c4c(-c5ccccc5)cccc4-c4ccccc4)ccc3)ccc2)c1.[Pt+2]. The Morgan fingerprint density at radius 2 is 1.23 bits per heavy atom. The van der Waals surface area contributed by atoms with Crippen molar-refractivity contribution in [1.29, 1.82) is 0 Å². The summed E-state index contributed by atoms with van der Waals surface area (Å²) in [7, 11) is -1.95. The summed E-state index contributed by atoms with van der Waals surface area (Å²) in [5.74, 6) is -1.11. The average Bonchev–Trinajstić information content (AvgIpc) is 3.57. The number of hydrogen-bond acceptors (Lipinski definition) is 3. The number of hydrogen-bond donors (Lipinski definition) is 0. The van der Waals surface area contributed by atoms with Gasteiger partial charge in [0.15, 0.2) is 0 Å². The number of para-hydroxylation sites is 3. The number of aromatic nitrogens is 3. The van der Waals surface area contributed by atoms with E-state index in [0.717, 1.165) is 50.4 Å². The molecule has 2 heterocycles. The molecule has 0 aliphatic carbocycles. The quantitative estimate of drug-likeness (QED) is 0.0958. The third-order valence-electron chi connectivity index (χ3n) is 9.34. The molecule has 0 aliphatic rings. The van der Waals surface area contributed by atoms with Crippen molar-refractivity contribution in [3.63, 3.8) is 0 Å². The van der Waals surface area contributed by atoms with E-state index in [1.165, 1.54) is 0 Å². The molecule has 0 saturated carbocycles. The van der Waals surface area contributed by atoms with E-state index in [-0.39, 0.29) is 33.5 Å². The number of fused-ring (bicyclic) bond motifs is 1. The molecule has 0 N–H and O–H groups in total. The Balaban J connectivity index is 0.00000480. The smallest absolute Gasteiger partial charge is 0.497 e. The molecule has 0 bridgehead atoms. The standard InChI is InChI=1S/C48H39F2N3OSi.Pt/c1-55(2,3)33-48(49,50)32-34-27-28-51-44(29-34)37-19-12-21-39(30-37)54-40-22-13-20-38(31-40)47-52-43-25-10-11-26-45(43)53(47)46-41(35-15-6-4-7-16-35)23-14-24-42(46)36-17-8-5-9-18-36;/h4-29H,32-33H2,1-3H3;/q-2;+2. The molecule has 56 heavy (non-hydrogen) atoms. The van der Waals surface area contributed by atoms with E-state index in [4.69, 9.17) is 9.72 Å². The number of pyridine rings is 1. The van der Waals surface area contributed by atoms with Crippen molar-refractivity contribution in [2.45, 2.75) is 38.0 Å². The van der Waals surface area contributed by atoms with Crippen LogP contribution in [0, 0.1) is 12.1 Å². The zero-order valence-corrected chi connectivity index (χ0v) is 34.5. The summed E-state index contributed by atoms with van der Waals surface area (Å²) >= 11 is 0. The van der Waals surface area contributed by atoms with Crippen molar-refractivity contribution in [1.82, 2.24) is 14.5 Å². The van der Waals surface area contributed by atoms with E-state index in [1.807, 2.05) is 86.4 Å². The molecule has 4 nitrogen and oxygen atoms in total. The molecule has 8 aromatic rings. The summed E-state index contributed by atoms with van der Waals surface area (Å²) in [6, 6.07) is 56.8. The minimum atomic E-state index is -2.77. The zero-order valence-electron chi connectivity index (χ0n) is 31.2. The van der Waals surface area contributed by atoms with Crippen molar-refractivity contribution >= 4 is 19.1 Å². The molecule has 6 aromatic carbocycles. The second-order valence-corrected chi connectivity index (χ2v) is 20.4. The fourth-order valence-electron chi connectivity index (χ4n) is 7.20. The molecule has 0 atom stereocenters. The van der Waals surface area contributed by atoms with Gasteiger partial charge in [-0.2, -0.15) is 0 Å². The molecule has 0 amide bonds. The van der Waals surface area contributed by atoms with Gasteiger partial charge in [-0.15, -0.1) is 47.5 Å². The van der Waals surface area contributed by atoms with Crippen LogP contribution in [0.1, 0.15) is 5.56 Å². The predicted octanol–water partition coefficient (Wildman–Crippen LogP) is 13.0. The maximum atomic E-state index is 15.0. The number of imidazole rings is 1. The Hall–Kier alpha value is -5.49. The van der Waals surface area contributed by atoms with Crippen molar-refractivity contribution < 1.29 is 34.6 Å². The number of rotatable bonds is 11. The maximum absolute atomic E-state index is 15.0. The molecule has 280 valence electrons. The summed E-state index contributed by atoms with van der Waals surface area (Å²) in [4.78, 5) is 9.68. The number of alkyl halides is 2. The first-order valence-corrected chi connectivity index (χ1v) is 22.1. The minimum Gasteiger partial charge on any atom is -0.497 e. The van der Waals surface area contributed by atoms with Crippen LogP contribution >= 0.6 is 0 Å². The van der Waals surface area contributed by atoms with Crippen LogP contribution in [-0.4, -0.2) is 28.5 Å². The summed E-state index contributed by atoms with van der Waals surface area (Å²) in [5, 5.41) is 0. The Kier molecular flexibility index (Phi) is 11.3. The normalized spacial score (nSPS) is 11.7. The van der Waals surface area contributed by atoms with E-state index < -0.39 is 14.0 Å². The second-order valence-electron chi connectivity index (χ2n) is 15.0. The van der Waals surface area contributed by atoms with Gasteiger partial charge in [-0.25, -0.2) is 8.78 Å². The van der Waals surface area contributed by atoms with E-state index in [9.17, 15) is 8.78 Å². The summed E-state index contributed by atoms with van der Waals surface area (Å²) in [6.45, 7) is 5.90. The molecule has 0 unspecified atom stereocenters. The van der Waals surface area contributed by atoms with Crippen LogP contribution < -0.4 is 4.74 Å². The van der Waals surface area contributed by atoms with E-state index >= 15 is 0 Å². The Morgan fingerprint density at radius 3 is 1.88 bits per heavy atom. The van der Waals surface area contributed by atoms with Crippen molar-refractivity contribution in [3.05, 3.63) is 176 Å². The monoisotopic (exact) mass is 934 g/mol. The van der Waals surface area contributed by atoms with Gasteiger partial charge in [0, 0.05) is 41.3 Å². The molecule has 0 radical (unpaired) electrons. The van der Waals surface area contributed by atoms with E-state index in [2.05, 4.69) is 94.5 Å². The molecular weight excluding hydrogens is 896 g/mol.